The van der Waals surface area contributed by atoms with E-state index in [1.165, 1.54) is 7.11 Å². The first kappa shape index (κ1) is 10.1. The zero-order valence-corrected chi connectivity index (χ0v) is 7.77. The third kappa shape index (κ3) is 2.24. The van der Waals surface area contributed by atoms with Gasteiger partial charge in [-0.3, -0.25) is 0 Å². The van der Waals surface area contributed by atoms with Gasteiger partial charge >= 0.3 is 5.92 Å². The molecule has 0 atom stereocenters. The molecule has 0 saturated heterocycles. The van der Waals surface area contributed by atoms with Crippen molar-refractivity contribution in [1.82, 2.24) is 9.97 Å². The van der Waals surface area contributed by atoms with Gasteiger partial charge in [-0.2, -0.15) is 8.78 Å². The molecule has 0 spiro atoms. The highest BCUT2D eigenvalue weighted by atomic mass is 35.5. The monoisotopic (exact) mass is 208 g/mol. The molecule has 0 aromatic carbocycles. The number of hydrogen-bond donors (Lipinski definition) is 0. The van der Waals surface area contributed by atoms with Crippen molar-refractivity contribution in [3.05, 3.63) is 17.2 Å². The standard InChI is InChI=1S/C7H7ClF2N2O/c1-7(9,10)6-11-3-4(13-2)5(8)12-6/h3H,1-2H3. The number of ether oxygens (including phenoxy) is 1. The van der Waals surface area contributed by atoms with Gasteiger partial charge < -0.3 is 4.74 Å². The van der Waals surface area contributed by atoms with E-state index in [4.69, 9.17) is 16.3 Å². The van der Waals surface area contributed by atoms with Crippen LogP contribution >= 0.6 is 11.6 Å². The lowest BCUT2D eigenvalue weighted by Gasteiger charge is -2.09. The van der Waals surface area contributed by atoms with E-state index in [0.29, 0.717) is 6.92 Å². The number of hydrogen-bond acceptors (Lipinski definition) is 3. The van der Waals surface area contributed by atoms with E-state index in [9.17, 15) is 8.78 Å². The highest BCUT2D eigenvalue weighted by molar-refractivity contribution is 6.30. The second-order valence-corrected chi connectivity index (χ2v) is 2.80. The molecule has 1 rings (SSSR count). The van der Waals surface area contributed by atoms with E-state index < -0.39 is 11.7 Å². The maximum Gasteiger partial charge on any atom is 0.303 e. The number of halogens is 3. The van der Waals surface area contributed by atoms with E-state index >= 15 is 0 Å². The quantitative estimate of drug-likeness (QED) is 0.700. The van der Waals surface area contributed by atoms with E-state index in [2.05, 4.69) is 9.97 Å². The minimum Gasteiger partial charge on any atom is -0.492 e. The van der Waals surface area contributed by atoms with Crippen LogP contribution in [0.3, 0.4) is 0 Å². The van der Waals surface area contributed by atoms with Crippen molar-refractivity contribution in [1.29, 1.82) is 0 Å². The molecule has 0 N–H and O–H groups in total. The number of nitrogens with zero attached hydrogens (tertiary/aromatic N) is 2. The first-order valence-corrected chi connectivity index (χ1v) is 3.77. The maximum atomic E-state index is 12.6. The van der Waals surface area contributed by atoms with Crippen LogP contribution < -0.4 is 4.74 Å². The zero-order chi connectivity index (χ0) is 10.1. The SMILES string of the molecule is COc1cnc(C(C)(F)F)nc1Cl. The average molecular weight is 209 g/mol. The lowest BCUT2D eigenvalue weighted by Crippen LogP contribution is -2.12. The topological polar surface area (TPSA) is 35.0 Å². The van der Waals surface area contributed by atoms with Crippen molar-refractivity contribution in [3.63, 3.8) is 0 Å². The minimum absolute atomic E-state index is 0.117. The van der Waals surface area contributed by atoms with E-state index in [1.54, 1.807) is 0 Å². The Hall–Kier alpha value is -0.970. The van der Waals surface area contributed by atoms with Gasteiger partial charge in [0.15, 0.2) is 16.7 Å². The Labute approximate surface area is 78.7 Å². The molecule has 1 heterocycles. The molecular formula is C7H7ClF2N2O. The summed E-state index contributed by atoms with van der Waals surface area (Å²) < 4.78 is 30.0. The molecule has 0 saturated carbocycles. The summed E-state index contributed by atoms with van der Waals surface area (Å²) in [5.41, 5.74) is 0. The third-order valence-corrected chi connectivity index (χ3v) is 1.59. The largest absolute Gasteiger partial charge is 0.492 e. The molecule has 6 heteroatoms. The van der Waals surface area contributed by atoms with Crippen LogP contribution in [0.15, 0.2) is 6.20 Å². The fourth-order valence-corrected chi connectivity index (χ4v) is 0.904. The highest BCUT2D eigenvalue weighted by Crippen LogP contribution is 2.27. The molecule has 0 fully saturated rings. The van der Waals surface area contributed by atoms with Crippen molar-refractivity contribution >= 4 is 11.6 Å². The molecule has 1 aromatic heterocycles. The fraction of sp³-hybridized carbons (Fsp3) is 0.429. The summed E-state index contributed by atoms with van der Waals surface area (Å²) in [6.45, 7) is 0.700. The van der Waals surface area contributed by atoms with Gasteiger partial charge in [-0.05, 0) is 0 Å². The molecular weight excluding hydrogens is 202 g/mol. The first-order valence-electron chi connectivity index (χ1n) is 3.40. The zero-order valence-electron chi connectivity index (χ0n) is 7.01. The number of aromatic nitrogens is 2. The number of methoxy groups -OCH3 is 1. The van der Waals surface area contributed by atoms with Crippen LogP contribution in [0.25, 0.3) is 0 Å². The van der Waals surface area contributed by atoms with Gasteiger partial charge in [-0.25, -0.2) is 9.97 Å². The molecule has 0 bridgehead atoms. The molecule has 0 unspecified atom stereocenters. The molecule has 0 aliphatic carbocycles. The lowest BCUT2D eigenvalue weighted by atomic mass is 10.3. The highest BCUT2D eigenvalue weighted by Gasteiger charge is 2.28. The van der Waals surface area contributed by atoms with E-state index in [-0.39, 0.29) is 10.9 Å². The second-order valence-electron chi connectivity index (χ2n) is 2.44. The Kier molecular flexibility index (Phi) is 2.66. The third-order valence-electron chi connectivity index (χ3n) is 1.32. The molecule has 13 heavy (non-hydrogen) atoms. The fourth-order valence-electron chi connectivity index (χ4n) is 0.698. The average Bonchev–Trinajstić information content (AvgIpc) is 2.02. The second kappa shape index (κ2) is 3.41. The summed E-state index contributed by atoms with van der Waals surface area (Å²) in [5, 5.41) is -0.117. The molecule has 3 nitrogen and oxygen atoms in total. The molecule has 72 valence electrons. The Morgan fingerprint density at radius 2 is 2.15 bits per heavy atom. The summed E-state index contributed by atoms with van der Waals surface area (Å²) in [7, 11) is 1.36. The Morgan fingerprint density at radius 3 is 2.54 bits per heavy atom. The van der Waals surface area contributed by atoms with Crippen LogP contribution in [0.5, 0.6) is 5.75 Å². The van der Waals surface area contributed by atoms with Crippen LogP contribution in [0.2, 0.25) is 5.15 Å². The molecule has 1 aromatic rings. The van der Waals surface area contributed by atoms with Gasteiger partial charge in [0.05, 0.1) is 13.3 Å². The Bertz CT molecular complexity index is 314. The van der Waals surface area contributed by atoms with Crippen LogP contribution in [-0.4, -0.2) is 17.1 Å². The molecule has 0 radical (unpaired) electrons. The predicted octanol–water partition coefficient (Wildman–Crippen LogP) is 2.25. The number of alkyl halides is 2. The van der Waals surface area contributed by atoms with Gasteiger partial charge in [0.2, 0.25) is 0 Å². The first-order chi connectivity index (χ1) is 5.95. The smallest absolute Gasteiger partial charge is 0.303 e. The minimum atomic E-state index is -3.09. The molecule has 0 aliphatic rings. The number of rotatable bonds is 2. The van der Waals surface area contributed by atoms with Gasteiger partial charge in [0, 0.05) is 6.92 Å². The normalized spacial score (nSPS) is 11.5. The van der Waals surface area contributed by atoms with Crippen molar-refractivity contribution in [3.8, 4) is 5.75 Å². The summed E-state index contributed by atoms with van der Waals surface area (Å²) in [5.74, 6) is -3.52. The molecule has 0 aliphatic heterocycles. The van der Waals surface area contributed by atoms with Crippen molar-refractivity contribution in [2.45, 2.75) is 12.8 Å². The summed E-state index contributed by atoms with van der Waals surface area (Å²) in [4.78, 5) is 6.81. The van der Waals surface area contributed by atoms with Crippen LogP contribution in [-0.2, 0) is 5.92 Å². The molecule has 0 amide bonds. The van der Waals surface area contributed by atoms with Crippen LogP contribution in [0, 0.1) is 0 Å². The van der Waals surface area contributed by atoms with Gasteiger partial charge in [0.25, 0.3) is 0 Å². The van der Waals surface area contributed by atoms with E-state index in [1.807, 2.05) is 0 Å². The van der Waals surface area contributed by atoms with E-state index in [0.717, 1.165) is 6.20 Å². The summed E-state index contributed by atoms with van der Waals surface area (Å²) >= 11 is 5.53. The van der Waals surface area contributed by atoms with Crippen molar-refractivity contribution in [2.75, 3.05) is 7.11 Å². The van der Waals surface area contributed by atoms with Crippen LogP contribution in [0.4, 0.5) is 8.78 Å². The van der Waals surface area contributed by atoms with Gasteiger partial charge in [0.1, 0.15) is 0 Å². The van der Waals surface area contributed by atoms with Crippen molar-refractivity contribution in [2.24, 2.45) is 0 Å². The van der Waals surface area contributed by atoms with Gasteiger partial charge in [-0.1, -0.05) is 11.6 Å². The lowest BCUT2D eigenvalue weighted by molar-refractivity contribution is 0.00757. The Balaban J connectivity index is 3.10. The Morgan fingerprint density at radius 1 is 1.54 bits per heavy atom. The summed E-state index contributed by atoms with van der Waals surface area (Å²) in [6, 6.07) is 0. The van der Waals surface area contributed by atoms with Gasteiger partial charge in [-0.15, -0.1) is 0 Å². The summed E-state index contributed by atoms with van der Waals surface area (Å²) in [6.07, 6.45) is 1.11. The van der Waals surface area contributed by atoms with Crippen molar-refractivity contribution < 1.29 is 13.5 Å². The predicted molar refractivity (Wildman–Crippen MR) is 43.2 cm³/mol. The van der Waals surface area contributed by atoms with Crippen LogP contribution in [0.1, 0.15) is 12.7 Å². The maximum absolute atomic E-state index is 12.6.